The molecule has 0 saturated heterocycles. The first kappa shape index (κ1) is 17.3. The maximum Gasteiger partial charge on any atom is 0.244 e. The Kier molecular flexibility index (Phi) is 4.39. The Morgan fingerprint density at radius 1 is 0.962 bits per heavy atom. The number of rotatable bonds is 3. The third-order valence-electron chi connectivity index (χ3n) is 4.81. The first-order valence-electron chi connectivity index (χ1n) is 8.46. The van der Waals surface area contributed by atoms with Crippen molar-refractivity contribution in [1.29, 1.82) is 0 Å². The van der Waals surface area contributed by atoms with E-state index in [9.17, 15) is 8.42 Å². The number of sulfonamides is 1. The average Bonchev–Trinajstić information content (AvgIpc) is 3.11. The van der Waals surface area contributed by atoms with Gasteiger partial charge in [0, 0.05) is 30.0 Å². The fraction of sp³-hybridized carbons (Fsp3) is 0.200. The second kappa shape index (κ2) is 6.58. The highest BCUT2D eigenvalue weighted by molar-refractivity contribution is 7.89. The minimum atomic E-state index is -3.62. The molecule has 1 aromatic heterocycles. The lowest BCUT2D eigenvalue weighted by Crippen LogP contribution is -2.42. The van der Waals surface area contributed by atoms with Crippen LogP contribution >= 0.6 is 11.6 Å². The van der Waals surface area contributed by atoms with E-state index in [2.05, 4.69) is 4.57 Å². The van der Waals surface area contributed by atoms with Gasteiger partial charge in [-0.3, -0.25) is 0 Å². The number of hydrogen-bond acceptors (Lipinski definition) is 2. The van der Waals surface area contributed by atoms with Gasteiger partial charge in [-0.1, -0.05) is 41.4 Å². The summed E-state index contributed by atoms with van der Waals surface area (Å²) in [4.78, 5) is 0.321. The summed E-state index contributed by atoms with van der Waals surface area (Å²) in [6.45, 7) is 3.00. The molecule has 2 heterocycles. The molecule has 0 saturated carbocycles. The van der Waals surface area contributed by atoms with E-state index in [0.29, 0.717) is 23.0 Å². The molecule has 0 unspecified atom stereocenters. The van der Waals surface area contributed by atoms with Crippen molar-refractivity contribution in [3.8, 4) is 0 Å². The topological polar surface area (TPSA) is 42.3 Å². The van der Waals surface area contributed by atoms with Gasteiger partial charge < -0.3 is 4.57 Å². The van der Waals surface area contributed by atoms with Crippen LogP contribution in [0.2, 0.25) is 5.02 Å². The quantitative estimate of drug-likeness (QED) is 0.675. The standard InChI is InChI=1S/C20H19ClN2O2S/c1-15-4-10-18(11-5-15)26(24,25)23-14-13-22-12-2-3-19(22)20(23)16-6-8-17(21)9-7-16/h2-12,20H,13-14H2,1H3/t20-/m1/s1. The van der Waals surface area contributed by atoms with Crippen LogP contribution in [-0.4, -0.2) is 23.8 Å². The smallest absolute Gasteiger partial charge is 0.244 e. The molecule has 6 heteroatoms. The van der Waals surface area contributed by atoms with Gasteiger partial charge in [0.15, 0.2) is 0 Å². The van der Waals surface area contributed by atoms with Crippen molar-refractivity contribution in [2.45, 2.75) is 24.4 Å². The van der Waals surface area contributed by atoms with Gasteiger partial charge in [-0.2, -0.15) is 4.31 Å². The SMILES string of the molecule is Cc1ccc(S(=O)(=O)N2CCn3cccc3[C@H]2c2ccc(Cl)cc2)cc1. The van der Waals surface area contributed by atoms with Crippen molar-refractivity contribution in [2.75, 3.05) is 6.54 Å². The second-order valence-electron chi connectivity index (χ2n) is 6.51. The van der Waals surface area contributed by atoms with Gasteiger partial charge in [0.05, 0.1) is 10.9 Å². The van der Waals surface area contributed by atoms with Crippen LogP contribution in [0.25, 0.3) is 0 Å². The molecule has 2 aromatic carbocycles. The predicted molar refractivity (Wildman–Crippen MR) is 103 cm³/mol. The number of hydrogen-bond donors (Lipinski definition) is 0. The van der Waals surface area contributed by atoms with E-state index in [1.807, 2.05) is 49.5 Å². The normalized spacial score (nSPS) is 17.8. The highest BCUT2D eigenvalue weighted by atomic mass is 35.5. The largest absolute Gasteiger partial charge is 0.348 e. The molecule has 3 aromatic rings. The molecule has 1 atom stereocenters. The van der Waals surface area contributed by atoms with Gasteiger partial charge in [-0.15, -0.1) is 0 Å². The van der Waals surface area contributed by atoms with Crippen molar-refractivity contribution in [3.63, 3.8) is 0 Å². The zero-order valence-corrected chi connectivity index (χ0v) is 15.9. The number of aromatic nitrogens is 1. The molecule has 26 heavy (non-hydrogen) atoms. The Bertz CT molecular complexity index is 1020. The van der Waals surface area contributed by atoms with Crippen LogP contribution in [0.1, 0.15) is 22.9 Å². The van der Waals surface area contributed by atoms with Gasteiger partial charge in [-0.25, -0.2) is 8.42 Å². The van der Waals surface area contributed by atoms with E-state index >= 15 is 0 Å². The molecule has 4 nitrogen and oxygen atoms in total. The minimum absolute atomic E-state index is 0.321. The molecule has 0 bridgehead atoms. The van der Waals surface area contributed by atoms with E-state index in [4.69, 9.17) is 11.6 Å². The summed E-state index contributed by atoms with van der Waals surface area (Å²) >= 11 is 6.03. The summed E-state index contributed by atoms with van der Waals surface area (Å²) < 4.78 is 30.4. The Hall–Kier alpha value is -2.08. The van der Waals surface area contributed by atoms with Gasteiger partial charge >= 0.3 is 0 Å². The van der Waals surface area contributed by atoms with Crippen LogP contribution < -0.4 is 0 Å². The predicted octanol–water partition coefficient (Wildman–Crippen LogP) is 4.24. The van der Waals surface area contributed by atoms with Crippen LogP contribution in [-0.2, 0) is 16.6 Å². The number of aryl methyl sites for hydroxylation is 1. The first-order valence-corrected chi connectivity index (χ1v) is 10.3. The average molecular weight is 387 g/mol. The molecule has 1 aliphatic heterocycles. The Morgan fingerprint density at radius 2 is 1.65 bits per heavy atom. The molecule has 0 aliphatic carbocycles. The van der Waals surface area contributed by atoms with Crippen LogP contribution in [0.5, 0.6) is 0 Å². The monoisotopic (exact) mass is 386 g/mol. The molecule has 4 rings (SSSR count). The van der Waals surface area contributed by atoms with E-state index in [-0.39, 0.29) is 6.04 Å². The Labute approximate surface area is 158 Å². The van der Waals surface area contributed by atoms with Crippen LogP contribution in [0, 0.1) is 6.92 Å². The maximum atomic E-state index is 13.4. The maximum absolute atomic E-state index is 13.4. The minimum Gasteiger partial charge on any atom is -0.348 e. The molecule has 1 aliphatic rings. The zero-order valence-electron chi connectivity index (χ0n) is 14.3. The molecule has 0 radical (unpaired) electrons. The Balaban J connectivity index is 1.83. The molecular weight excluding hydrogens is 368 g/mol. The summed E-state index contributed by atoms with van der Waals surface area (Å²) in [7, 11) is -3.62. The van der Waals surface area contributed by atoms with Crippen LogP contribution in [0.4, 0.5) is 0 Å². The molecule has 0 N–H and O–H groups in total. The van der Waals surface area contributed by atoms with Gasteiger partial charge in [-0.05, 0) is 48.9 Å². The van der Waals surface area contributed by atoms with Gasteiger partial charge in [0.25, 0.3) is 0 Å². The van der Waals surface area contributed by atoms with Crippen molar-refractivity contribution in [3.05, 3.63) is 88.7 Å². The summed E-state index contributed by atoms with van der Waals surface area (Å²) in [5.74, 6) is 0. The Morgan fingerprint density at radius 3 is 2.35 bits per heavy atom. The summed E-state index contributed by atoms with van der Waals surface area (Å²) in [6, 6.07) is 18.0. The summed E-state index contributed by atoms with van der Waals surface area (Å²) in [5, 5.41) is 0.632. The fourth-order valence-electron chi connectivity index (χ4n) is 3.45. The molecular formula is C20H19ClN2O2S. The lowest BCUT2D eigenvalue weighted by atomic mass is 10.0. The number of nitrogens with zero attached hydrogens (tertiary/aromatic N) is 2. The van der Waals surface area contributed by atoms with Crippen LogP contribution in [0.15, 0.2) is 71.8 Å². The van der Waals surface area contributed by atoms with Gasteiger partial charge in [0.2, 0.25) is 10.0 Å². The lowest BCUT2D eigenvalue weighted by molar-refractivity contribution is 0.298. The van der Waals surface area contributed by atoms with E-state index in [1.54, 1.807) is 28.6 Å². The van der Waals surface area contributed by atoms with E-state index in [1.165, 1.54) is 0 Å². The zero-order chi connectivity index (χ0) is 18.3. The third-order valence-corrected chi connectivity index (χ3v) is 6.94. The highest BCUT2D eigenvalue weighted by Crippen LogP contribution is 2.36. The molecule has 0 fully saturated rings. The number of halogens is 1. The highest BCUT2D eigenvalue weighted by Gasteiger charge is 2.37. The first-order chi connectivity index (χ1) is 12.5. The fourth-order valence-corrected chi connectivity index (χ4v) is 5.15. The molecule has 134 valence electrons. The van der Waals surface area contributed by atoms with Gasteiger partial charge in [0.1, 0.15) is 0 Å². The summed E-state index contributed by atoms with van der Waals surface area (Å²) in [5.41, 5.74) is 2.91. The lowest BCUT2D eigenvalue weighted by Gasteiger charge is -2.36. The van der Waals surface area contributed by atoms with Crippen molar-refractivity contribution in [1.82, 2.24) is 8.87 Å². The molecule has 0 amide bonds. The van der Waals surface area contributed by atoms with E-state index in [0.717, 1.165) is 16.8 Å². The van der Waals surface area contributed by atoms with Crippen molar-refractivity contribution < 1.29 is 8.42 Å². The van der Waals surface area contributed by atoms with Crippen molar-refractivity contribution >= 4 is 21.6 Å². The van der Waals surface area contributed by atoms with E-state index < -0.39 is 10.0 Å². The summed E-state index contributed by atoms with van der Waals surface area (Å²) in [6.07, 6.45) is 1.99. The number of fused-ring (bicyclic) bond motifs is 1. The third kappa shape index (κ3) is 2.96. The number of benzene rings is 2. The second-order valence-corrected chi connectivity index (χ2v) is 8.84. The van der Waals surface area contributed by atoms with Crippen molar-refractivity contribution in [2.24, 2.45) is 0 Å². The van der Waals surface area contributed by atoms with Crippen LogP contribution in [0.3, 0.4) is 0 Å². The molecule has 0 spiro atoms.